The monoisotopic (exact) mass is 169 g/mol. The molecule has 0 fully saturated rings. The van der Waals surface area contributed by atoms with Gasteiger partial charge in [-0.15, -0.1) is 11.3 Å². The molecule has 2 aromatic rings. The average molecular weight is 169 g/mol. The molecule has 0 saturated heterocycles. The van der Waals surface area contributed by atoms with Crippen LogP contribution in [0, 0.1) is 3.95 Å². The third-order valence-corrected chi connectivity index (χ3v) is 2.26. The first-order valence-corrected chi connectivity index (χ1v) is 3.87. The fourth-order valence-corrected chi connectivity index (χ4v) is 1.73. The summed E-state index contributed by atoms with van der Waals surface area (Å²) in [5.41, 5.74) is 0.824. The Labute approximate surface area is 65.8 Å². The summed E-state index contributed by atoms with van der Waals surface area (Å²) < 4.78 is 1.75. The lowest BCUT2D eigenvalue weighted by Crippen LogP contribution is -1.75. The van der Waals surface area contributed by atoms with Gasteiger partial charge in [0.15, 0.2) is 9.60 Å². The Bertz CT molecular complexity index is 366. The van der Waals surface area contributed by atoms with Crippen LogP contribution in [0.5, 0.6) is 0 Å². The van der Waals surface area contributed by atoms with Gasteiger partial charge in [-0.3, -0.25) is 0 Å². The van der Waals surface area contributed by atoms with E-state index in [-0.39, 0.29) is 0 Å². The van der Waals surface area contributed by atoms with Gasteiger partial charge in [-0.1, -0.05) is 0 Å². The maximum atomic E-state index is 4.91. The highest BCUT2D eigenvalue weighted by molar-refractivity contribution is 7.73. The van der Waals surface area contributed by atoms with E-state index in [0.717, 1.165) is 14.3 Å². The second-order valence-corrected chi connectivity index (χ2v) is 3.47. The third kappa shape index (κ3) is 0.833. The number of H-pyrrole nitrogens is 1. The molecule has 3 nitrogen and oxygen atoms in total. The smallest absolute Gasteiger partial charge is 0.160 e. The number of hydrogen-bond donors (Lipinski definition) is 1. The van der Waals surface area contributed by atoms with E-state index in [1.807, 2.05) is 0 Å². The quantitative estimate of drug-likeness (QED) is 0.611. The van der Waals surface area contributed by atoms with Crippen molar-refractivity contribution in [1.29, 1.82) is 0 Å². The number of aromatic nitrogens is 3. The van der Waals surface area contributed by atoms with Crippen molar-refractivity contribution < 1.29 is 0 Å². The van der Waals surface area contributed by atoms with Gasteiger partial charge in [-0.2, -0.15) is 0 Å². The highest BCUT2D eigenvalue weighted by Crippen LogP contribution is 2.14. The van der Waals surface area contributed by atoms with Crippen molar-refractivity contribution in [2.45, 2.75) is 0 Å². The highest BCUT2D eigenvalue weighted by Gasteiger charge is 1.94. The molecule has 2 aromatic heterocycles. The molecule has 0 radical (unpaired) electrons. The highest BCUT2D eigenvalue weighted by atomic mass is 32.1. The van der Waals surface area contributed by atoms with Gasteiger partial charge >= 0.3 is 0 Å². The lowest BCUT2D eigenvalue weighted by molar-refractivity contribution is 1.20. The number of nitrogens with one attached hydrogen (secondary N) is 1. The normalized spacial score (nSPS) is 10.4. The SMILES string of the molecule is S=c1[nH]c2ncncc2s1. The molecular formula is C5H3N3S2. The van der Waals surface area contributed by atoms with Crippen LogP contribution >= 0.6 is 23.6 Å². The number of fused-ring (bicyclic) bond motifs is 1. The largest absolute Gasteiger partial charge is 0.322 e. The van der Waals surface area contributed by atoms with Gasteiger partial charge in [0.05, 0.1) is 4.70 Å². The molecule has 1 N–H and O–H groups in total. The predicted molar refractivity (Wildman–Crippen MR) is 42.6 cm³/mol. The molecule has 0 aliphatic rings. The minimum Gasteiger partial charge on any atom is -0.322 e. The van der Waals surface area contributed by atoms with Crippen molar-refractivity contribution >= 4 is 33.9 Å². The summed E-state index contributed by atoms with van der Waals surface area (Å²) in [6.45, 7) is 0. The summed E-state index contributed by atoms with van der Waals surface area (Å²) in [6, 6.07) is 0. The van der Waals surface area contributed by atoms with Crippen LogP contribution in [0.15, 0.2) is 12.5 Å². The van der Waals surface area contributed by atoms with Crippen LogP contribution in [0.4, 0.5) is 0 Å². The Hall–Kier alpha value is -0.810. The molecule has 50 valence electrons. The molecule has 0 spiro atoms. The maximum Gasteiger partial charge on any atom is 0.160 e. The summed E-state index contributed by atoms with van der Waals surface area (Å²) in [4.78, 5) is 10.8. The molecule has 0 aromatic carbocycles. The third-order valence-electron chi connectivity index (χ3n) is 1.10. The number of thiazole rings is 1. The van der Waals surface area contributed by atoms with Gasteiger partial charge in [-0.05, 0) is 12.2 Å². The van der Waals surface area contributed by atoms with Crippen molar-refractivity contribution in [3.8, 4) is 0 Å². The Balaban J connectivity index is 3.01. The zero-order valence-corrected chi connectivity index (χ0v) is 6.50. The Morgan fingerprint density at radius 2 is 2.50 bits per heavy atom. The summed E-state index contributed by atoms with van der Waals surface area (Å²) in [7, 11) is 0. The number of nitrogens with zero attached hydrogens (tertiary/aromatic N) is 2. The summed E-state index contributed by atoms with van der Waals surface area (Å²) >= 11 is 6.39. The van der Waals surface area contributed by atoms with Gasteiger partial charge in [0.25, 0.3) is 0 Å². The van der Waals surface area contributed by atoms with Gasteiger partial charge in [0.2, 0.25) is 0 Å². The van der Waals surface area contributed by atoms with Crippen molar-refractivity contribution in [2.24, 2.45) is 0 Å². The Kier molecular flexibility index (Phi) is 1.25. The molecule has 0 atom stereocenters. The molecule has 5 heteroatoms. The van der Waals surface area contributed by atoms with Crippen LogP contribution in [0.25, 0.3) is 10.3 Å². The molecule has 0 bridgehead atoms. The zero-order chi connectivity index (χ0) is 6.97. The first kappa shape index (κ1) is 5.94. The number of aromatic amines is 1. The van der Waals surface area contributed by atoms with Gasteiger partial charge in [0.1, 0.15) is 6.33 Å². The van der Waals surface area contributed by atoms with Crippen molar-refractivity contribution in [2.75, 3.05) is 0 Å². The van der Waals surface area contributed by atoms with Crippen LogP contribution in [0.2, 0.25) is 0 Å². The van der Waals surface area contributed by atoms with E-state index in [2.05, 4.69) is 15.0 Å². The van der Waals surface area contributed by atoms with E-state index >= 15 is 0 Å². The van der Waals surface area contributed by atoms with Crippen LogP contribution < -0.4 is 0 Å². The molecule has 0 unspecified atom stereocenters. The molecular weight excluding hydrogens is 166 g/mol. The summed E-state index contributed by atoms with van der Waals surface area (Å²) in [6.07, 6.45) is 3.25. The van der Waals surface area contributed by atoms with E-state index in [9.17, 15) is 0 Å². The Morgan fingerprint density at radius 3 is 3.30 bits per heavy atom. The maximum absolute atomic E-state index is 4.91. The number of rotatable bonds is 0. The fraction of sp³-hybridized carbons (Fsp3) is 0. The molecule has 10 heavy (non-hydrogen) atoms. The van der Waals surface area contributed by atoms with E-state index in [0.29, 0.717) is 0 Å². The molecule has 0 aliphatic heterocycles. The molecule has 2 heterocycles. The molecule has 0 aliphatic carbocycles. The fourth-order valence-electron chi connectivity index (χ4n) is 0.707. The minimum absolute atomic E-state index is 0.746. The van der Waals surface area contributed by atoms with Crippen LogP contribution in [0.3, 0.4) is 0 Å². The van der Waals surface area contributed by atoms with Crippen LogP contribution in [-0.2, 0) is 0 Å². The lowest BCUT2D eigenvalue weighted by atomic mass is 10.6. The molecule has 0 amide bonds. The zero-order valence-electron chi connectivity index (χ0n) is 4.87. The first-order chi connectivity index (χ1) is 4.86. The first-order valence-electron chi connectivity index (χ1n) is 2.65. The number of hydrogen-bond acceptors (Lipinski definition) is 4. The van der Waals surface area contributed by atoms with Crippen molar-refractivity contribution in [3.05, 3.63) is 16.5 Å². The van der Waals surface area contributed by atoms with E-state index in [4.69, 9.17) is 12.2 Å². The summed E-state index contributed by atoms with van der Waals surface area (Å²) in [5.74, 6) is 0. The second-order valence-electron chi connectivity index (χ2n) is 1.75. The minimum atomic E-state index is 0.746. The van der Waals surface area contributed by atoms with Gasteiger partial charge < -0.3 is 4.98 Å². The van der Waals surface area contributed by atoms with E-state index in [1.165, 1.54) is 17.7 Å². The van der Waals surface area contributed by atoms with Crippen molar-refractivity contribution in [1.82, 2.24) is 15.0 Å². The molecule has 2 rings (SSSR count). The van der Waals surface area contributed by atoms with Gasteiger partial charge in [0, 0.05) is 6.20 Å². The second kappa shape index (κ2) is 2.10. The predicted octanol–water partition coefficient (Wildman–Crippen LogP) is 1.75. The van der Waals surface area contributed by atoms with Crippen molar-refractivity contribution in [3.63, 3.8) is 0 Å². The lowest BCUT2D eigenvalue weighted by Gasteiger charge is -1.80. The van der Waals surface area contributed by atoms with E-state index in [1.54, 1.807) is 6.20 Å². The van der Waals surface area contributed by atoms with Crippen LogP contribution in [-0.4, -0.2) is 15.0 Å². The Morgan fingerprint density at radius 1 is 1.60 bits per heavy atom. The van der Waals surface area contributed by atoms with Crippen LogP contribution in [0.1, 0.15) is 0 Å². The van der Waals surface area contributed by atoms with E-state index < -0.39 is 0 Å². The van der Waals surface area contributed by atoms with Gasteiger partial charge in [-0.25, -0.2) is 9.97 Å². The summed E-state index contributed by atoms with van der Waals surface area (Å²) in [5, 5.41) is 0. The topological polar surface area (TPSA) is 41.6 Å². The standard InChI is InChI=1S/C5H3N3S2/c9-5-8-4-3(10-5)1-6-2-7-4/h1-2H,(H,6,7,8,9). The molecule has 0 saturated carbocycles. The average Bonchev–Trinajstić information content (AvgIpc) is 2.27.